The highest BCUT2D eigenvalue weighted by atomic mass is 32.2. The van der Waals surface area contributed by atoms with E-state index in [9.17, 15) is 8.42 Å². The normalized spacial score (nSPS) is 13.2. The molecule has 1 aromatic rings. The summed E-state index contributed by atoms with van der Waals surface area (Å²) in [5.41, 5.74) is 0.175. The first-order valence-electron chi connectivity index (χ1n) is 6.88. The molecule has 20 heavy (non-hydrogen) atoms. The van der Waals surface area contributed by atoms with E-state index in [0.29, 0.717) is 5.92 Å². The van der Waals surface area contributed by atoms with Gasteiger partial charge in [-0.1, -0.05) is 38.8 Å². The summed E-state index contributed by atoms with van der Waals surface area (Å²) in [7, 11) is -3.63. The molecule has 110 valence electrons. The van der Waals surface area contributed by atoms with Crippen LogP contribution < -0.4 is 4.72 Å². The van der Waals surface area contributed by atoms with E-state index in [2.05, 4.69) is 18.6 Å². The van der Waals surface area contributed by atoms with Crippen molar-refractivity contribution in [3.05, 3.63) is 29.8 Å². The SMILES string of the molecule is CC(C)CCC[C@@H](C)NS(=O)(=O)c1ccccc1C#N. The Kier molecular flexibility index (Phi) is 6.18. The molecule has 0 aliphatic carbocycles. The summed E-state index contributed by atoms with van der Waals surface area (Å²) in [6.45, 7) is 6.16. The van der Waals surface area contributed by atoms with Gasteiger partial charge < -0.3 is 0 Å². The molecule has 0 aliphatic rings. The zero-order valence-corrected chi connectivity index (χ0v) is 13.1. The Hall–Kier alpha value is -1.38. The second kappa shape index (κ2) is 7.41. The van der Waals surface area contributed by atoms with Crippen LogP contribution in [0.1, 0.15) is 45.6 Å². The predicted octanol–water partition coefficient (Wildman–Crippen LogP) is 3.05. The van der Waals surface area contributed by atoms with Crippen LogP contribution in [-0.4, -0.2) is 14.5 Å². The van der Waals surface area contributed by atoms with Crippen LogP contribution in [0, 0.1) is 17.2 Å². The highest BCUT2D eigenvalue weighted by Gasteiger charge is 2.20. The summed E-state index contributed by atoms with van der Waals surface area (Å²) in [4.78, 5) is 0.0539. The first kappa shape index (κ1) is 16.7. The molecular weight excluding hydrogens is 272 g/mol. The maximum Gasteiger partial charge on any atom is 0.242 e. The van der Waals surface area contributed by atoms with Crippen molar-refractivity contribution in [3.8, 4) is 6.07 Å². The van der Waals surface area contributed by atoms with Crippen molar-refractivity contribution < 1.29 is 8.42 Å². The van der Waals surface area contributed by atoms with Gasteiger partial charge in [0, 0.05) is 6.04 Å². The van der Waals surface area contributed by atoms with Gasteiger partial charge in [0.15, 0.2) is 0 Å². The molecule has 0 fully saturated rings. The maximum atomic E-state index is 12.3. The van der Waals surface area contributed by atoms with E-state index < -0.39 is 10.0 Å². The molecule has 1 N–H and O–H groups in total. The molecule has 0 spiro atoms. The number of benzene rings is 1. The molecule has 1 aromatic carbocycles. The van der Waals surface area contributed by atoms with Crippen LogP contribution in [0.3, 0.4) is 0 Å². The maximum absolute atomic E-state index is 12.3. The third-order valence-corrected chi connectivity index (χ3v) is 4.72. The number of rotatable bonds is 7. The number of hydrogen-bond acceptors (Lipinski definition) is 3. The Labute approximate surface area is 121 Å². The fourth-order valence-electron chi connectivity index (χ4n) is 2.01. The van der Waals surface area contributed by atoms with Crippen molar-refractivity contribution >= 4 is 10.0 Å². The molecular formula is C15H22N2O2S. The molecule has 0 aliphatic heterocycles. The van der Waals surface area contributed by atoms with Crippen LogP contribution in [0.5, 0.6) is 0 Å². The minimum absolute atomic E-state index is 0.0539. The van der Waals surface area contributed by atoms with Gasteiger partial charge in [0.2, 0.25) is 10.0 Å². The third kappa shape index (κ3) is 4.95. The van der Waals surface area contributed by atoms with Crippen LogP contribution >= 0.6 is 0 Å². The van der Waals surface area contributed by atoms with E-state index in [4.69, 9.17) is 5.26 Å². The zero-order valence-electron chi connectivity index (χ0n) is 12.3. The largest absolute Gasteiger partial charge is 0.242 e. The smallest absolute Gasteiger partial charge is 0.208 e. The average molecular weight is 294 g/mol. The lowest BCUT2D eigenvalue weighted by Crippen LogP contribution is -2.33. The van der Waals surface area contributed by atoms with Crippen LogP contribution in [0.15, 0.2) is 29.2 Å². The topological polar surface area (TPSA) is 70.0 Å². The van der Waals surface area contributed by atoms with Crippen molar-refractivity contribution in [2.24, 2.45) is 5.92 Å². The molecule has 0 radical (unpaired) electrons. The van der Waals surface area contributed by atoms with Crippen LogP contribution in [0.2, 0.25) is 0 Å². The highest BCUT2D eigenvalue weighted by molar-refractivity contribution is 7.89. The lowest BCUT2D eigenvalue weighted by atomic mass is 10.0. The Morgan fingerprint density at radius 3 is 2.45 bits per heavy atom. The number of nitriles is 1. The van der Waals surface area contributed by atoms with Gasteiger partial charge in [-0.05, 0) is 31.4 Å². The Balaban J connectivity index is 2.73. The van der Waals surface area contributed by atoms with Crippen LogP contribution in [0.25, 0.3) is 0 Å². The number of nitrogens with one attached hydrogen (secondary N) is 1. The van der Waals surface area contributed by atoms with Crippen molar-refractivity contribution in [1.82, 2.24) is 4.72 Å². The van der Waals surface area contributed by atoms with Crippen molar-refractivity contribution in [2.45, 2.75) is 51.0 Å². The molecule has 0 saturated carbocycles. The van der Waals surface area contributed by atoms with E-state index >= 15 is 0 Å². The lowest BCUT2D eigenvalue weighted by Gasteiger charge is -2.15. The number of hydrogen-bond donors (Lipinski definition) is 1. The number of sulfonamides is 1. The Morgan fingerprint density at radius 1 is 1.20 bits per heavy atom. The summed E-state index contributed by atoms with van der Waals surface area (Å²) in [6.07, 6.45) is 2.87. The minimum Gasteiger partial charge on any atom is -0.208 e. The number of nitrogens with zero attached hydrogens (tertiary/aromatic N) is 1. The standard InChI is InChI=1S/C15H22N2O2S/c1-12(2)7-6-8-13(3)17-20(18,19)15-10-5-4-9-14(15)11-16/h4-5,9-10,12-13,17H,6-8H2,1-3H3/t13-/m1/s1. The van der Waals surface area contributed by atoms with Gasteiger partial charge in [-0.2, -0.15) is 5.26 Å². The average Bonchev–Trinajstić information content (AvgIpc) is 2.37. The molecule has 0 saturated heterocycles. The third-order valence-electron chi connectivity index (χ3n) is 3.07. The van der Waals surface area contributed by atoms with Gasteiger partial charge in [-0.3, -0.25) is 0 Å². The molecule has 0 amide bonds. The molecule has 1 atom stereocenters. The monoisotopic (exact) mass is 294 g/mol. The van der Waals surface area contributed by atoms with Gasteiger partial charge in [-0.15, -0.1) is 0 Å². The summed E-state index contributed by atoms with van der Waals surface area (Å²) in [5.74, 6) is 0.623. The molecule has 0 heterocycles. The highest BCUT2D eigenvalue weighted by Crippen LogP contribution is 2.16. The first-order chi connectivity index (χ1) is 9.36. The fraction of sp³-hybridized carbons (Fsp3) is 0.533. The Morgan fingerprint density at radius 2 is 1.85 bits per heavy atom. The Bertz CT molecular complexity index is 574. The van der Waals surface area contributed by atoms with Gasteiger partial charge in [0.25, 0.3) is 0 Å². The second-order valence-corrected chi connectivity index (χ2v) is 7.14. The van der Waals surface area contributed by atoms with Gasteiger partial charge in [-0.25, -0.2) is 13.1 Å². The minimum atomic E-state index is -3.63. The fourth-order valence-corrected chi connectivity index (χ4v) is 3.45. The summed E-state index contributed by atoms with van der Waals surface area (Å²) < 4.78 is 27.2. The lowest BCUT2D eigenvalue weighted by molar-refractivity contribution is 0.488. The van der Waals surface area contributed by atoms with Gasteiger partial charge in [0.1, 0.15) is 6.07 Å². The van der Waals surface area contributed by atoms with Crippen molar-refractivity contribution in [2.75, 3.05) is 0 Å². The second-order valence-electron chi connectivity index (χ2n) is 5.46. The summed E-state index contributed by atoms with van der Waals surface area (Å²) in [5, 5.41) is 8.98. The van der Waals surface area contributed by atoms with Gasteiger partial charge in [0.05, 0.1) is 10.5 Å². The van der Waals surface area contributed by atoms with Gasteiger partial charge >= 0.3 is 0 Å². The summed E-state index contributed by atoms with van der Waals surface area (Å²) >= 11 is 0. The first-order valence-corrected chi connectivity index (χ1v) is 8.36. The molecule has 5 heteroatoms. The molecule has 0 aromatic heterocycles. The molecule has 0 bridgehead atoms. The molecule has 1 rings (SSSR count). The van der Waals surface area contributed by atoms with E-state index in [1.165, 1.54) is 12.1 Å². The van der Waals surface area contributed by atoms with Crippen LogP contribution in [-0.2, 0) is 10.0 Å². The van der Waals surface area contributed by atoms with E-state index in [-0.39, 0.29) is 16.5 Å². The molecule has 0 unspecified atom stereocenters. The zero-order chi connectivity index (χ0) is 15.2. The van der Waals surface area contributed by atoms with E-state index in [1.807, 2.05) is 13.0 Å². The van der Waals surface area contributed by atoms with E-state index in [0.717, 1.165) is 19.3 Å². The molecule has 4 nitrogen and oxygen atoms in total. The predicted molar refractivity (Wildman–Crippen MR) is 79.6 cm³/mol. The van der Waals surface area contributed by atoms with E-state index in [1.54, 1.807) is 12.1 Å². The van der Waals surface area contributed by atoms with Crippen molar-refractivity contribution in [1.29, 1.82) is 5.26 Å². The quantitative estimate of drug-likeness (QED) is 0.840. The summed E-state index contributed by atoms with van der Waals surface area (Å²) in [6, 6.07) is 8.03. The van der Waals surface area contributed by atoms with Crippen LogP contribution in [0.4, 0.5) is 0 Å². The van der Waals surface area contributed by atoms with Crippen molar-refractivity contribution in [3.63, 3.8) is 0 Å².